The molecule has 1 amide bonds. The summed E-state index contributed by atoms with van der Waals surface area (Å²) in [4.78, 5) is 25.4. The molecule has 3 atom stereocenters. The molecule has 2 bridgehead atoms. The fourth-order valence-electron chi connectivity index (χ4n) is 3.65. The molecule has 0 aromatic heterocycles. The Labute approximate surface area is 140 Å². The number of piperidine rings is 1. The summed E-state index contributed by atoms with van der Waals surface area (Å²) in [7, 11) is 1.39. The van der Waals surface area contributed by atoms with Crippen LogP contribution in [-0.2, 0) is 16.0 Å². The van der Waals surface area contributed by atoms with Gasteiger partial charge < -0.3 is 14.7 Å². The summed E-state index contributed by atoms with van der Waals surface area (Å²) in [5, 5.41) is 9.77. The third-order valence-corrected chi connectivity index (χ3v) is 5.98. The van der Waals surface area contributed by atoms with Crippen molar-refractivity contribution in [3.8, 4) is 0 Å². The third-order valence-electron chi connectivity index (χ3n) is 4.71. The Morgan fingerprint density at radius 3 is 2.35 bits per heavy atom. The molecule has 2 fully saturated rings. The van der Waals surface area contributed by atoms with Gasteiger partial charge in [-0.1, -0.05) is 12.1 Å². The van der Waals surface area contributed by atoms with Crippen molar-refractivity contribution in [3.63, 3.8) is 0 Å². The van der Waals surface area contributed by atoms with Crippen LogP contribution in [0.25, 0.3) is 0 Å². The van der Waals surface area contributed by atoms with Crippen LogP contribution in [0.15, 0.2) is 29.2 Å². The molecule has 0 radical (unpaired) electrons. The van der Waals surface area contributed by atoms with Crippen LogP contribution in [0.4, 0.5) is 4.79 Å². The smallest absolute Gasteiger partial charge is 0.407 e. The predicted molar refractivity (Wildman–Crippen MR) is 87.7 cm³/mol. The van der Waals surface area contributed by atoms with Crippen molar-refractivity contribution in [2.24, 2.45) is 0 Å². The van der Waals surface area contributed by atoms with Crippen LogP contribution in [-0.4, -0.2) is 46.5 Å². The highest BCUT2D eigenvalue weighted by molar-refractivity contribution is 8.00. The van der Waals surface area contributed by atoms with Crippen LogP contribution in [0.3, 0.4) is 0 Å². The van der Waals surface area contributed by atoms with Crippen molar-refractivity contribution in [1.29, 1.82) is 0 Å². The first-order valence-corrected chi connectivity index (χ1v) is 8.78. The topological polar surface area (TPSA) is 66.8 Å². The van der Waals surface area contributed by atoms with E-state index in [1.807, 2.05) is 36.0 Å². The van der Waals surface area contributed by atoms with E-state index in [0.29, 0.717) is 11.7 Å². The second-order valence-corrected chi connectivity index (χ2v) is 7.56. The van der Waals surface area contributed by atoms with E-state index in [2.05, 4.69) is 4.74 Å². The summed E-state index contributed by atoms with van der Waals surface area (Å²) in [5.74, 6) is -0.233. The van der Waals surface area contributed by atoms with Gasteiger partial charge in [0.2, 0.25) is 0 Å². The lowest BCUT2D eigenvalue weighted by atomic mass is 10.0. The molecule has 3 rings (SSSR count). The molecular formula is C17H21NO4S. The van der Waals surface area contributed by atoms with Crippen molar-refractivity contribution in [2.75, 3.05) is 7.11 Å². The van der Waals surface area contributed by atoms with Crippen LogP contribution in [0, 0.1) is 0 Å². The largest absolute Gasteiger partial charge is 0.469 e. The van der Waals surface area contributed by atoms with Crippen LogP contribution < -0.4 is 0 Å². The molecule has 2 saturated heterocycles. The van der Waals surface area contributed by atoms with E-state index in [1.165, 1.54) is 12.0 Å². The number of ether oxygens (including phenoxy) is 1. The number of carbonyl (C=O) groups excluding carboxylic acids is 1. The van der Waals surface area contributed by atoms with Crippen LogP contribution >= 0.6 is 11.8 Å². The number of fused-ring (bicyclic) bond motifs is 2. The maximum Gasteiger partial charge on any atom is 0.407 e. The molecule has 1 unspecified atom stereocenters. The van der Waals surface area contributed by atoms with Gasteiger partial charge in [-0.15, -0.1) is 11.8 Å². The molecular weight excluding hydrogens is 314 g/mol. The van der Waals surface area contributed by atoms with E-state index in [9.17, 15) is 14.7 Å². The van der Waals surface area contributed by atoms with E-state index >= 15 is 0 Å². The van der Waals surface area contributed by atoms with Gasteiger partial charge in [0.05, 0.1) is 13.5 Å². The Bertz CT molecular complexity index is 575. The van der Waals surface area contributed by atoms with Gasteiger partial charge in [-0.2, -0.15) is 0 Å². The first kappa shape index (κ1) is 16.2. The van der Waals surface area contributed by atoms with Crippen molar-refractivity contribution < 1.29 is 19.4 Å². The fourth-order valence-corrected chi connectivity index (χ4v) is 4.97. The fraction of sp³-hybridized carbons (Fsp3) is 0.529. The summed E-state index contributed by atoms with van der Waals surface area (Å²) in [6.07, 6.45) is 3.36. The van der Waals surface area contributed by atoms with Crippen LogP contribution in [0.2, 0.25) is 0 Å². The molecule has 1 N–H and O–H groups in total. The standard InChI is InChI=1S/C17H21NO4S/c1-22-16(19)8-11-2-6-14(7-3-11)23-15-9-12-4-5-13(10-15)18(12)17(20)21/h2-3,6-7,12-13,15H,4-5,8-10H2,1H3,(H,20,21)/t12-,13+,15?. The molecule has 2 aliphatic rings. The van der Waals surface area contributed by atoms with E-state index < -0.39 is 6.09 Å². The zero-order chi connectivity index (χ0) is 16.4. The Morgan fingerprint density at radius 1 is 1.22 bits per heavy atom. The zero-order valence-corrected chi connectivity index (χ0v) is 13.9. The summed E-state index contributed by atoms with van der Waals surface area (Å²) in [6, 6.07) is 8.35. The average molecular weight is 335 g/mol. The van der Waals surface area contributed by atoms with Gasteiger partial charge in [0.25, 0.3) is 0 Å². The molecule has 0 spiro atoms. The van der Waals surface area contributed by atoms with E-state index in [0.717, 1.165) is 31.2 Å². The maximum absolute atomic E-state index is 11.3. The minimum absolute atomic E-state index is 0.183. The van der Waals surface area contributed by atoms with Gasteiger partial charge in [0, 0.05) is 22.2 Å². The van der Waals surface area contributed by atoms with E-state index in [-0.39, 0.29) is 18.1 Å². The number of esters is 1. The lowest BCUT2D eigenvalue weighted by Crippen LogP contribution is -2.46. The second-order valence-electron chi connectivity index (χ2n) is 6.18. The maximum atomic E-state index is 11.3. The minimum Gasteiger partial charge on any atom is -0.469 e. The van der Waals surface area contributed by atoms with Crippen molar-refractivity contribution in [2.45, 2.75) is 54.3 Å². The zero-order valence-electron chi connectivity index (χ0n) is 13.1. The Morgan fingerprint density at radius 2 is 1.83 bits per heavy atom. The van der Waals surface area contributed by atoms with E-state index in [1.54, 1.807) is 4.90 Å². The van der Waals surface area contributed by atoms with Crippen molar-refractivity contribution in [1.82, 2.24) is 4.90 Å². The number of benzene rings is 1. The monoisotopic (exact) mass is 335 g/mol. The van der Waals surface area contributed by atoms with Crippen LogP contribution in [0.1, 0.15) is 31.2 Å². The number of thioether (sulfide) groups is 1. The molecule has 23 heavy (non-hydrogen) atoms. The highest BCUT2D eigenvalue weighted by atomic mass is 32.2. The highest BCUT2D eigenvalue weighted by Gasteiger charge is 2.43. The molecule has 2 heterocycles. The van der Waals surface area contributed by atoms with E-state index in [4.69, 9.17) is 0 Å². The number of carboxylic acid groups (broad SMARTS) is 1. The molecule has 1 aromatic rings. The highest BCUT2D eigenvalue weighted by Crippen LogP contribution is 2.42. The SMILES string of the molecule is COC(=O)Cc1ccc(SC2C[C@H]3CC[C@@H](C2)N3C(=O)O)cc1. The van der Waals surface area contributed by atoms with Gasteiger partial charge in [0.15, 0.2) is 0 Å². The molecule has 6 heteroatoms. The molecule has 1 aromatic carbocycles. The minimum atomic E-state index is -0.770. The Hall–Kier alpha value is -1.69. The van der Waals surface area contributed by atoms with Gasteiger partial charge in [-0.05, 0) is 43.4 Å². The first-order chi connectivity index (χ1) is 11.1. The van der Waals surface area contributed by atoms with Gasteiger partial charge in [-0.25, -0.2) is 4.79 Å². The molecule has 0 aliphatic carbocycles. The lowest BCUT2D eigenvalue weighted by Gasteiger charge is -2.36. The first-order valence-electron chi connectivity index (χ1n) is 7.90. The number of nitrogens with zero attached hydrogens (tertiary/aromatic N) is 1. The van der Waals surface area contributed by atoms with Crippen LogP contribution in [0.5, 0.6) is 0 Å². The number of amides is 1. The average Bonchev–Trinajstić information content (AvgIpc) is 2.81. The van der Waals surface area contributed by atoms with Crippen molar-refractivity contribution >= 4 is 23.8 Å². The van der Waals surface area contributed by atoms with Gasteiger partial charge in [0.1, 0.15) is 0 Å². The number of hydrogen-bond acceptors (Lipinski definition) is 4. The Balaban J connectivity index is 1.58. The number of methoxy groups -OCH3 is 1. The second kappa shape index (κ2) is 6.83. The summed E-state index contributed by atoms with van der Waals surface area (Å²) >= 11 is 1.82. The molecule has 124 valence electrons. The molecule has 2 aliphatic heterocycles. The van der Waals surface area contributed by atoms with Gasteiger partial charge >= 0.3 is 12.1 Å². The normalized spacial score (nSPS) is 26.1. The van der Waals surface area contributed by atoms with Gasteiger partial charge in [-0.3, -0.25) is 4.79 Å². The lowest BCUT2D eigenvalue weighted by molar-refractivity contribution is -0.139. The quantitative estimate of drug-likeness (QED) is 0.856. The number of carbonyl (C=O) groups is 2. The molecule has 5 nitrogen and oxygen atoms in total. The number of hydrogen-bond donors (Lipinski definition) is 1. The summed E-state index contributed by atoms with van der Waals surface area (Å²) in [6.45, 7) is 0. The number of rotatable bonds is 4. The predicted octanol–water partition coefficient (Wildman–Crippen LogP) is 3.17. The van der Waals surface area contributed by atoms with Crippen molar-refractivity contribution in [3.05, 3.63) is 29.8 Å². The third kappa shape index (κ3) is 3.63. The summed E-state index contributed by atoms with van der Waals surface area (Å²) < 4.78 is 4.67. The molecule has 0 saturated carbocycles. The Kier molecular flexibility index (Phi) is 4.80. The summed E-state index contributed by atoms with van der Waals surface area (Å²) in [5.41, 5.74) is 0.946.